The van der Waals surface area contributed by atoms with E-state index in [1.165, 1.54) is 6.07 Å². The molecule has 2 N–H and O–H groups in total. The van der Waals surface area contributed by atoms with Crippen LogP contribution in [-0.2, 0) is 9.59 Å². The van der Waals surface area contributed by atoms with Crippen LogP contribution in [0.15, 0.2) is 36.4 Å². The van der Waals surface area contributed by atoms with Gasteiger partial charge in [-0.15, -0.1) is 0 Å². The highest BCUT2D eigenvalue weighted by Gasteiger charge is 2.19. The van der Waals surface area contributed by atoms with E-state index in [-0.39, 0.29) is 0 Å². The molecular formula is C19H21F2N3O2. The molecule has 0 fully saturated rings. The average Bonchev–Trinajstić information content (AvgIpc) is 2.61. The van der Waals surface area contributed by atoms with E-state index in [4.69, 9.17) is 0 Å². The predicted molar refractivity (Wildman–Crippen MR) is 98.4 cm³/mol. The molecule has 5 nitrogen and oxygen atoms in total. The lowest BCUT2D eigenvalue weighted by molar-refractivity contribution is -0.133. The Balaban J connectivity index is 2.10. The number of carbonyl (C=O) groups excluding carboxylic acids is 2. The van der Waals surface area contributed by atoms with Crippen LogP contribution >= 0.6 is 0 Å². The molecule has 2 amide bonds. The molecule has 0 saturated heterocycles. The number of para-hydroxylation sites is 1. The summed E-state index contributed by atoms with van der Waals surface area (Å²) >= 11 is 0. The molecule has 0 aliphatic heterocycles. The van der Waals surface area contributed by atoms with E-state index < -0.39 is 29.1 Å². The summed E-state index contributed by atoms with van der Waals surface area (Å²) in [6, 6.07) is 8.58. The van der Waals surface area contributed by atoms with Gasteiger partial charge in [-0.25, -0.2) is 8.78 Å². The topological polar surface area (TPSA) is 61.4 Å². The van der Waals surface area contributed by atoms with E-state index in [9.17, 15) is 18.4 Å². The van der Waals surface area contributed by atoms with Crippen LogP contribution in [0.1, 0.15) is 19.4 Å². The second-order valence-electron chi connectivity index (χ2n) is 5.68. The summed E-state index contributed by atoms with van der Waals surface area (Å²) in [7, 11) is 0. The maximum Gasteiger partial charge on any atom is 0.314 e. The van der Waals surface area contributed by atoms with Gasteiger partial charge < -0.3 is 15.5 Å². The van der Waals surface area contributed by atoms with Crippen molar-refractivity contribution < 1.29 is 18.4 Å². The van der Waals surface area contributed by atoms with Crippen molar-refractivity contribution in [1.82, 2.24) is 0 Å². The number of anilines is 3. The number of amides is 2. The Kier molecular flexibility index (Phi) is 6.27. The van der Waals surface area contributed by atoms with Gasteiger partial charge in [0, 0.05) is 24.5 Å². The van der Waals surface area contributed by atoms with Gasteiger partial charge in [0.15, 0.2) is 0 Å². The molecule has 138 valence electrons. The SMILES string of the molecule is CCN(CC)c1ccc(NC(=O)C(=O)Nc2c(F)cccc2F)c(C)c1. The largest absolute Gasteiger partial charge is 0.372 e. The Morgan fingerprint density at radius 2 is 1.54 bits per heavy atom. The Hall–Kier alpha value is -2.96. The zero-order valence-electron chi connectivity index (χ0n) is 14.9. The molecule has 0 unspecified atom stereocenters. The molecule has 0 aliphatic rings. The zero-order chi connectivity index (χ0) is 19.3. The number of carbonyl (C=O) groups is 2. The van der Waals surface area contributed by atoms with Gasteiger partial charge in [0.05, 0.1) is 0 Å². The summed E-state index contributed by atoms with van der Waals surface area (Å²) in [6.07, 6.45) is 0. The first-order valence-electron chi connectivity index (χ1n) is 8.29. The van der Waals surface area contributed by atoms with Crippen LogP contribution in [0.3, 0.4) is 0 Å². The number of hydrogen-bond acceptors (Lipinski definition) is 3. The number of halogens is 2. The molecule has 2 rings (SSSR count). The van der Waals surface area contributed by atoms with Gasteiger partial charge in [0.2, 0.25) is 0 Å². The van der Waals surface area contributed by atoms with Crippen molar-refractivity contribution in [3.8, 4) is 0 Å². The van der Waals surface area contributed by atoms with Crippen LogP contribution in [0.4, 0.5) is 25.8 Å². The first-order chi connectivity index (χ1) is 12.4. The van der Waals surface area contributed by atoms with E-state index in [1.807, 2.05) is 31.3 Å². The molecule has 0 aliphatic carbocycles. The summed E-state index contributed by atoms with van der Waals surface area (Å²) in [5.74, 6) is -4.07. The molecule has 0 bridgehead atoms. The number of rotatable bonds is 5. The van der Waals surface area contributed by atoms with Gasteiger partial charge in [0.1, 0.15) is 17.3 Å². The van der Waals surface area contributed by atoms with Crippen LogP contribution in [0.2, 0.25) is 0 Å². The number of benzene rings is 2. The van der Waals surface area contributed by atoms with E-state index in [0.29, 0.717) is 5.69 Å². The first kappa shape index (κ1) is 19.4. The van der Waals surface area contributed by atoms with Crippen molar-refractivity contribution in [2.24, 2.45) is 0 Å². The quantitative estimate of drug-likeness (QED) is 0.799. The van der Waals surface area contributed by atoms with Crippen LogP contribution in [-0.4, -0.2) is 24.9 Å². The third kappa shape index (κ3) is 4.36. The Labute approximate surface area is 151 Å². The maximum atomic E-state index is 13.6. The number of aryl methyl sites for hydroxylation is 1. The molecule has 2 aromatic rings. The average molecular weight is 361 g/mol. The molecule has 0 saturated carbocycles. The summed E-state index contributed by atoms with van der Waals surface area (Å²) < 4.78 is 27.1. The standard InChI is InChI=1S/C19H21F2N3O2/c1-4-24(5-2)13-9-10-16(12(3)11-13)22-18(25)19(26)23-17-14(20)7-6-8-15(17)21/h6-11H,4-5H2,1-3H3,(H,22,25)(H,23,26). The predicted octanol–water partition coefficient (Wildman–Crippen LogP) is 3.70. The fraction of sp³-hybridized carbons (Fsp3) is 0.263. The van der Waals surface area contributed by atoms with Gasteiger partial charge in [0.25, 0.3) is 0 Å². The van der Waals surface area contributed by atoms with Crippen LogP contribution in [0.5, 0.6) is 0 Å². The van der Waals surface area contributed by atoms with E-state index in [0.717, 1.165) is 36.5 Å². The lowest BCUT2D eigenvalue weighted by Crippen LogP contribution is -2.30. The first-order valence-corrected chi connectivity index (χ1v) is 8.29. The normalized spacial score (nSPS) is 10.3. The second-order valence-corrected chi connectivity index (χ2v) is 5.68. The lowest BCUT2D eigenvalue weighted by Gasteiger charge is -2.22. The summed E-state index contributed by atoms with van der Waals surface area (Å²) in [5, 5.41) is 4.41. The molecule has 26 heavy (non-hydrogen) atoms. The second kappa shape index (κ2) is 8.42. The lowest BCUT2D eigenvalue weighted by atomic mass is 10.1. The van der Waals surface area contributed by atoms with Gasteiger partial charge in [-0.05, 0) is 56.7 Å². The van der Waals surface area contributed by atoms with Crippen molar-refractivity contribution in [1.29, 1.82) is 0 Å². The van der Waals surface area contributed by atoms with Crippen molar-refractivity contribution in [3.63, 3.8) is 0 Å². The Morgan fingerprint density at radius 1 is 0.962 bits per heavy atom. The van der Waals surface area contributed by atoms with Crippen molar-refractivity contribution in [2.75, 3.05) is 28.6 Å². The van der Waals surface area contributed by atoms with Gasteiger partial charge in [-0.2, -0.15) is 0 Å². The van der Waals surface area contributed by atoms with Gasteiger partial charge in [-0.1, -0.05) is 6.07 Å². The fourth-order valence-corrected chi connectivity index (χ4v) is 2.54. The third-order valence-electron chi connectivity index (χ3n) is 3.99. The molecular weight excluding hydrogens is 340 g/mol. The maximum absolute atomic E-state index is 13.6. The number of nitrogens with one attached hydrogen (secondary N) is 2. The third-order valence-corrected chi connectivity index (χ3v) is 3.99. The highest BCUT2D eigenvalue weighted by Crippen LogP contribution is 2.23. The summed E-state index contributed by atoms with van der Waals surface area (Å²) in [5.41, 5.74) is 1.58. The van der Waals surface area contributed by atoms with Crippen molar-refractivity contribution >= 4 is 28.9 Å². The molecule has 0 atom stereocenters. The van der Waals surface area contributed by atoms with Crippen molar-refractivity contribution in [3.05, 3.63) is 53.6 Å². The molecule has 7 heteroatoms. The van der Waals surface area contributed by atoms with Crippen LogP contribution in [0.25, 0.3) is 0 Å². The molecule has 0 radical (unpaired) electrons. The molecule has 2 aromatic carbocycles. The Morgan fingerprint density at radius 3 is 2.08 bits per heavy atom. The highest BCUT2D eigenvalue weighted by molar-refractivity contribution is 6.43. The van der Waals surface area contributed by atoms with E-state index >= 15 is 0 Å². The minimum Gasteiger partial charge on any atom is -0.372 e. The molecule has 0 aromatic heterocycles. The number of nitrogens with zero attached hydrogens (tertiary/aromatic N) is 1. The Bertz CT molecular complexity index is 800. The fourth-order valence-electron chi connectivity index (χ4n) is 2.54. The minimum atomic E-state index is -1.15. The summed E-state index contributed by atoms with van der Waals surface area (Å²) in [6.45, 7) is 7.58. The van der Waals surface area contributed by atoms with Crippen LogP contribution in [0, 0.1) is 18.6 Å². The van der Waals surface area contributed by atoms with Crippen LogP contribution < -0.4 is 15.5 Å². The van der Waals surface area contributed by atoms with Crippen molar-refractivity contribution in [2.45, 2.75) is 20.8 Å². The van der Waals surface area contributed by atoms with E-state index in [2.05, 4.69) is 10.2 Å². The van der Waals surface area contributed by atoms with E-state index in [1.54, 1.807) is 13.0 Å². The molecule has 0 heterocycles. The zero-order valence-corrected chi connectivity index (χ0v) is 14.9. The van der Waals surface area contributed by atoms with Gasteiger partial charge in [-0.3, -0.25) is 9.59 Å². The number of hydrogen-bond donors (Lipinski definition) is 2. The monoisotopic (exact) mass is 361 g/mol. The molecule has 0 spiro atoms. The summed E-state index contributed by atoms with van der Waals surface area (Å²) in [4.78, 5) is 26.1. The highest BCUT2D eigenvalue weighted by atomic mass is 19.1. The smallest absolute Gasteiger partial charge is 0.314 e. The van der Waals surface area contributed by atoms with Gasteiger partial charge >= 0.3 is 11.8 Å². The minimum absolute atomic E-state index is 0.454.